The maximum atomic E-state index is 13.8. The van der Waals surface area contributed by atoms with E-state index in [9.17, 15) is 22.4 Å². The number of carbonyl (C=O) groups excluding carboxylic acids is 2. The first kappa shape index (κ1) is 22.9. The predicted octanol–water partition coefficient (Wildman–Crippen LogP) is 2.58. The maximum absolute atomic E-state index is 13.8. The van der Waals surface area contributed by atoms with Crippen LogP contribution in [0.15, 0.2) is 39.9 Å². The zero-order valence-corrected chi connectivity index (χ0v) is 19.5. The molecule has 1 aromatic heterocycles. The fourth-order valence-corrected chi connectivity index (χ4v) is 6.86. The van der Waals surface area contributed by atoms with Gasteiger partial charge in [-0.2, -0.15) is 4.31 Å². The molecule has 0 radical (unpaired) electrons. The number of piperidine rings is 1. The largest absolute Gasteiger partial charge is 0.339 e. The van der Waals surface area contributed by atoms with Gasteiger partial charge in [-0.3, -0.25) is 9.59 Å². The predicted molar refractivity (Wildman–Crippen MR) is 119 cm³/mol. The van der Waals surface area contributed by atoms with Crippen molar-refractivity contribution >= 4 is 33.2 Å². The first-order chi connectivity index (χ1) is 15.3. The Labute approximate surface area is 191 Å². The third-order valence-electron chi connectivity index (χ3n) is 6.12. The Hall–Kier alpha value is -2.30. The number of sulfonamides is 1. The number of halogens is 1. The molecule has 2 aromatic rings. The van der Waals surface area contributed by atoms with Gasteiger partial charge in [0.25, 0.3) is 15.9 Å². The van der Waals surface area contributed by atoms with Crippen LogP contribution in [0.5, 0.6) is 0 Å². The van der Waals surface area contributed by atoms with Gasteiger partial charge in [-0.1, -0.05) is 12.1 Å². The number of hydrogen-bond donors (Lipinski definition) is 0. The van der Waals surface area contributed by atoms with Gasteiger partial charge in [0, 0.05) is 44.8 Å². The van der Waals surface area contributed by atoms with E-state index in [0.717, 1.165) is 0 Å². The van der Waals surface area contributed by atoms with Crippen LogP contribution in [0.1, 0.15) is 28.8 Å². The molecule has 2 saturated heterocycles. The zero-order chi connectivity index (χ0) is 22.9. The van der Waals surface area contributed by atoms with Gasteiger partial charge in [-0.15, -0.1) is 11.3 Å². The summed E-state index contributed by atoms with van der Waals surface area (Å²) in [6.45, 7) is 3.74. The molecule has 1 aromatic carbocycles. The van der Waals surface area contributed by atoms with E-state index in [2.05, 4.69) is 0 Å². The second-order valence-corrected chi connectivity index (χ2v) is 11.3. The molecule has 7 nitrogen and oxygen atoms in total. The average Bonchev–Trinajstić information content (AvgIpc) is 3.36. The Morgan fingerprint density at radius 2 is 1.78 bits per heavy atom. The molecule has 1 atom stereocenters. The highest BCUT2D eigenvalue weighted by molar-refractivity contribution is 7.91. The molecule has 0 N–H and O–H groups in total. The summed E-state index contributed by atoms with van der Waals surface area (Å²) in [4.78, 5) is 29.1. The van der Waals surface area contributed by atoms with Crippen LogP contribution in [-0.2, 0) is 14.8 Å². The molecule has 2 aliphatic rings. The molecule has 0 aliphatic carbocycles. The van der Waals surface area contributed by atoms with E-state index in [0.29, 0.717) is 60.9 Å². The Morgan fingerprint density at radius 3 is 2.44 bits per heavy atom. The van der Waals surface area contributed by atoms with Crippen LogP contribution in [0.3, 0.4) is 0 Å². The number of rotatable bonds is 4. The van der Waals surface area contributed by atoms with Crippen LogP contribution < -0.4 is 0 Å². The van der Waals surface area contributed by atoms with Crippen LogP contribution in [0, 0.1) is 18.7 Å². The summed E-state index contributed by atoms with van der Waals surface area (Å²) in [5.41, 5.74) is 0.786. The van der Waals surface area contributed by atoms with E-state index in [1.54, 1.807) is 46.4 Å². The SMILES string of the molecule is Cc1ccc(C(=O)N2CCN(C(=O)C3CCCN(S(=O)(=O)c4cccs4)C3)CC2)cc1F. The van der Waals surface area contributed by atoms with Crippen molar-refractivity contribution in [2.45, 2.75) is 24.0 Å². The van der Waals surface area contributed by atoms with Crippen molar-refractivity contribution in [1.82, 2.24) is 14.1 Å². The van der Waals surface area contributed by atoms with Crippen LogP contribution in [0.4, 0.5) is 4.39 Å². The van der Waals surface area contributed by atoms with Gasteiger partial charge in [-0.05, 0) is 48.9 Å². The summed E-state index contributed by atoms with van der Waals surface area (Å²) in [6, 6.07) is 7.74. The molecule has 2 aliphatic heterocycles. The molecule has 32 heavy (non-hydrogen) atoms. The van der Waals surface area contributed by atoms with Crippen molar-refractivity contribution in [2.24, 2.45) is 5.92 Å². The Bertz CT molecular complexity index is 1100. The molecule has 4 rings (SSSR count). The highest BCUT2D eigenvalue weighted by Gasteiger charge is 2.36. The summed E-state index contributed by atoms with van der Waals surface area (Å²) in [6.07, 6.45) is 1.29. The minimum Gasteiger partial charge on any atom is -0.339 e. The second kappa shape index (κ2) is 9.29. The lowest BCUT2D eigenvalue weighted by molar-refractivity contribution is -0.138. The number of amides is 2. The lowest BCUT2D eigenvalue weighted by Gasteiger charge is -2.38. The molecule has 0 bridgehead atoms. The Balaban J connectivity index is 1.36. The highest BCUT2D eigenvalue weighted by atomic mass is 32.2. The van der Waals surface area contributed by atoms with Crippen LogP contribution in [0.2, 0.25) is 0 Å². The van der Waals surface area contributed by atoms with Crippen LogP contribution >= 0.6 is 11.3 Å². The molecular weight excluding hydrogens is 453 g/mol. The number of carbonyl (C=O) groups is 2. The van der Waals surface area contributed by atoms with Crippen molar-refractivity contribution < 1.29 is 22.4 Å². The maximum Gasteiger partial charge on any atom is 0.254 e. The van der Waals surface area contributed by atoms with Gasteiger partial charge in [0.2, 0.25) is 5.91 Å². The molecule has 0 saturated carbocycles. The number of nitrogens with zero attached hydrogens (tertiary/aromatic N) is 3. The molecule has 172 valence electrons. The molecular formula is C22H26FN3O4S2. The standard InChI is InChI=1S/C22H26FN3O4S2/c1-16-6-7-17(14-19(16)23)21(27)24-9-11-25(12-10-24)22(28)18-4-2-8-26(15-18)32(29,30)20-5-3-13-31-20/h3,5-7,13-14,18H,2,4,8-12,15H2,1H3. The van der Waals surface area contributed by atoms with Gasteiger partial charge in [-0.25, -0.2) is 12.8 Å². The lowest BCUT2D eigenvalue weighted by Crippen LogP contribution is -2.54. The van der Waals surface area contributed by atoms with E-state index >= 15 is 0 Å². The van der Waals surface area contributed by atoms with Gasteiger partial charge in [0.15, 0.2) is 0 Å². The summed E-state index contributed by atoms with van der Waals surface area (Å²) in [7, 11) is -3.58. The van der Waals surface area contributed by atoms with E-state index < -0.39 is 15.8 Å². The number of aryl methyl sites for hydroxylation is 1. The second-order valence-electron chi connectivity index (χ2n) is 8.22. The molecule has 1 unspecified atom stereocenters. The van der Waals surface area contributed by atoms with Crippen molar-refractivity contribution in [3.63, 3.8) is 0 Å². The summed E-state index contributed by atoms with van der Waals surface area (Å²) in [5, 5.41) is 1.73. The fourth-order valence-electron chi connectivity index (χ4n) is 4.20. The quantitative estimate of drug-likeness (QED) is 0.675. The Morgan fingerprint density at radius 1 is 1.06 bits per heavy atom. The molecule has 3 heterocycles. The number of hydrogen-bond acceptors (Lipinski definition) is 5. The lowest BCUT2D eigenvalue weighted by atomic mass is 9.97. The topological polar surface area (TPSA) is 78.0 Å². The van der Waals surface area contributed by atoms with Gasteiger partial charge >= 0.3 is 0 Å². The summed E-state index contributed by atoms with van der Waals surface area (Å²) < 4.78 is 41.2. The number of thiophene rings is 1. The normalized spacial score (nSPS) is 20.4. The molecule has 2 fully saturated rings. The monoisotopic (exact) mass is 479 g/mol. The van der Waals surface area contributed by atoms with Crippen molar-refractivity contribution in [1.29, 1.82) is 0 Å². The molecule has 0 spiro atoms. The van der Waals surface area contributed by atoms with E-state index in [4.69, 9.17) is 0 Å². The van der Waals surface area contributed by atoms with Gasteiger partial charge in [0.1, 0.15) is 10.0 Å². The first-order valence-corrected chi connectivity index (χ1v) is 13.0. The van der Waals surface area contributed by atoms with E-state index in [-0.39, 0.29) is 24.3 Å². The van der Waals surface area contributed by atoms with E-state index in [1.165, 1.54) is 21.7 Å². The highest BCUT2D eigenvalue weighted by Crippen LogP contribution is 2.27. The van der Waals surface area contributed by atoms with Crippen molar-refractivity contribution in [2.75, 3.05) is 39.3 Å². The van der Waals surface area contributed by atoms with E-state index in [1.807, 2.05) is 0 Å². The molecule has 2 amide bonds. The number of piperazine rings is 1. The number of benzene rings is 1. The third-order valence-corrected chi connectivity index (χ3v) is 9.36. The Kier molecular flexibility index (Phi) is 6.64. The first-order valence-electron chi connectivity index (χ1n) is 10.7. The van der Waals surface area contributed by atoms with Crippen molar-refractivity contribution in [3.05, 3.63) is 52.7 Å². The minimum absolute atomic E-state index is 0.0652. The van der Waals surface area contributed by atoms with Crippen LogP contribution in [0.25, 0.3) is 0 Å². The smallest absolute Gasteiger partial charge is 0.254 e. The van der Waals surface area contributed by atoms with Crippen molar-refractivity contribution in [3.8, 4) is 0 Å². The van der Waals surface area contributed by atoms with Crippen LogP contribution in [-0.4, -0.2) is 73.6 Å². The molecule has 10 heteroatoms. The van der Waals surface area contributed by atoms with Gasteiger partial charge < -0.3 is 9.80 Å². The summed E-state index contributed by atoms with van der Waals surface area (Å²) in [5.74, 6) is -1.11. The fraction of sp³-hybridized carbons (Fsp3) is 0.455. The zero-order valence-electron chi connectivity index (χ0n) is 17.9. The summed E-state index contributed by atoms with van der Waals surface area (Å²) >= 11 is 1.18. The van der Waals surface area contributed by atoms with Gasteiger partial charge in [0.05, 0.1) is 5.92 Å². The minimum atomic E-state index is -3.58. The average molecular weight is 480 g/mol. The third kappa shape index (κ3) is 4.57.